The standard InChI is InChI=1S/C10H18BrN3/c1-3-4-8(12)5-6-10-9(11)7-13-14(10)2/h7-8H,3-6,12H2,1-2H3. The Morgan fingerprint density at radius 2 is 2.29 bits per heavy atom. The largest absolute Gasteiger partial charge is 0.328 e. The quantitative estimate of drug-likeness (QED) is 0.882. The normalized spacial score (nSPS) is 13.1. The minimum absolute atomic E-state index is 0.321. The van der Waals surface area contributed by atoms with Crippen LogP contribution in [0.25, 0.3) is 0 Å². The molecule has 1 unspecified atom stereocenters. The molecule has 2 N–H and O–H groups in total. The highest BCUT2D eigenvalue weighted by atomic mass is 79.9. The van der Waals surface area contributed by atoms with Crippen LogP contribution >= 0.6 is 15.9 Å². The van der Waals surface area contributed by atoms with Gasteiger partial charge in [-0.3, -0.25) is 4.68 Å². The molecule has 0 aromatic carbocycles. The predicted octanol–water partition coefficient (Wildman–Crippen LogP) is 2.24. The predicted molar refractivity (Wildman–Crippen MR) is 62.1 cm³/mol. The summed E-state index contributed by atoms with van der Waals surface area (Å²) < 4.78 is 2.99. The van der Waals surface area contributed by atoms with Gasteiger partial charge in [-0.05, 0) is 35.2 Å². The Morgan fingerprint density at radius 1 is 1.57 bits per heavy atom. The molecule has 0 aliphatic heterocycles. The van der Waals surface area contributed by atoms with Crippen molar-refractivity contribution in [3.05, 3.63) is 16.4 Å². The van der Waals surface area contributed by atoms with Crippen LogP contribution in [-0.2, 0) is 13.5 Å². The summed E-state index contributed by atoms with van der Waals surface area (Å²) in [5.74, 6) is 0. The summed E-state index contributed by atoms with van der Waals surface area (Å²) in [6.45, 7) is 2.17. The van der Waals surface area contributed by atoms with Crippen LogP contribution in [-0.4, -0.2) is 15.8 Å². The van der Waals surface area contributed by atoms with Gasteiger partial charge < -0.3 is 5.73 Å². The number of rotatable bonds is 5. The van der Waals surface area contributed by atoms with Crippen molar-refractivity contribution in [1.29, 1.82) is 0 Å². The van der Waals surface area contributed by atoms with Crippen LogP contribution in [0.5, 0.6) is 0 Å². The van der Waals surface area contributed by atoms with Crippen LogP contribution in [0, 0.1) is 0 Å². The maximum atomic E-state index is 5.96. The zero-order chi connectivity index (χ0) is 10.6. The molecule has 0 spiro atoms. The summed E-state index contributed by atoms with van der Waals surface area (Å²) in [6, 6.07) is 0.321. The zero-order valence-electron chi connectivity index (χ0n) is 8.83. The van der Waals surface area contributed by atoms with Crippen molar-refractivity contribution < 1.29 is 0 Å². The van der Waals surface area contributed by atoms with E-state index in [-0.39, 0.29) is 0 Å². The van der Waals surface area contributed by atoms with Crippen LogP contribution in [0.3, 0.4) is 0 Å². The number of nitrogens with zero attached hydrogens (tertiary/aromatic N) is 2. The number of nitrogens with two attached hydrogens (primary N) is 1. The average molecular weight is 260 g/mol. The maximum Gasteiger partial charge on any atom is 0.0635 e. The molecular formula is C10H18BrN3. The van der Waals surface area contributed by atoms with E-state index in [1.54, 1.807) is 0 Å². The number of aromatic nitrogens is 2. The van der Waals surface area contributed by atoms with Gasteiger partial charge in [0.05, 0.1) is 16.4 Å². The highest BCUT2D eigenvalue weighted by Crippen LogP contribution is 2.17. The van der Waals surface area contributed by atoms with Gasteiger partial charge in [-0.15, -0.1) is 0 Å². The van der Waals surface area contributed by atoms with Gasteiger partial charge in [0.25, 0.3) is 0 Å². The fourth-order valence-electron chi connectivity index (χ4n) is 1.55. The monoisotopic (exact) mass is 259 g/mol. The first kappa shape index (κ1) is 11.7. The summed E-state index contributed by atoms with van der Waals surface area (Å²) in [4.78, 5) is 0. The van der Waals surface area contributed by atoms with Crippen molar-refractivity contribution in [3.63, 3.8) is 0 Å². The molecule has 0 saturated carbocycles. The third kappa shape index (κ3) is 3.10. The summed E-state index contributed by atoms with van der Waals surface area (Å²) >= 11 is 3.48. The number of hydrogen-bond donors (Lipinski definition) is 1. The minimum Gasteiger partial charge on any atom is -0.328 e. The van der Waals surface area contributed by atoms with Gasteiger partial charge >= 0.3 is 0 Å². The molecule has 14 heavy (non-hydrogen) atoms. The second-order valence-corrected chi connectivity index (χ2v) is 4.50. The Morgan fingerprint density at radius 3 is 2.79 bits per heavy atom. The van der Waals surface area contributed by atoms with Gasteiger partial charge in [0.1, 0.15) is 0 Å². The Labute approximate surface area is 93.8 Å². The lowest BCUT2D eigenvalue weighted by Gasteiger charge is -2.10. The smallest absolute Gasteiger partial charge is 0.0635 e. The van der Waals surface area contributed by atoms with Gasteiger partial charge in [-0.2, -0.15) is 5.10 Å². The third-order valence-corrected chi connectivity index (χ3v) is 3.08. The molecule has 80 valence electrons. The molecule has 0 fully saturated rings. The Bertz CT molecular complexity index is 263. The number of aryl methyl sites for hydroxylation is 1. The molecule has 1 atom stereocenters. The third-order valence-electron chi connectivity index (χ3n) is 2.42. The van der Waals surface area contributed by atoms with Crippen molar-refractivity contribution in [3.8, 4) is 0 Å². The van der Waals surface area contributed by atoms with Crippen LogP contribution in [0.4, 0.5) is 0 Å². The van der Waals surface area contributed by atoms with Crippen molar-refractivity contribution in [1.82, 2.24) is 9.78 Å². The molecule has 1 aromatic heterocycles. The van der Waals surface area contributed by atoms with Crippen molar-refractivity contribution in [2.45, 2.75) is 38.6 Å². The van der Waals surface area contributed by atoms with Gasteiger partial charge in [0.2, 0.25) is 0 Å². The first-order valence-corrected chi connectivity index (χ1v) is 5.86. The van der Waals surface area contributed by atoms with Crippen molar-refractivity contribution >= 4 is 15.9 Å². The highest BCUT2D eigenvalue weighted by molar-refractivity contribution is 9.10. The van der Waals surface area contributed by atoms with Gasteiger partial charge in [-0.25, -0.2) is 0 Å². The molecule has 0 bridgehead atoms. The summed E-state index contributed by atoms with van der Waals surface area (Å²) in [5.41, 5.74) is 7.19. The SMILES string of the molecule is CCCC(N)CCc1c(Br)cnn1C. The second-order valence-electron chi connectivity index (χ2n) is 3.65. The second kappa shape index (κ2) is 5.51. The van der Waals surface area contributed by atoms with Gasteiger partial charge in [0, 0.05) is 13.1 Å². The lowest BCUT2D eigenvalue weighted by molar-refractivity contribution is 0.546. The topological polar surface area (TPSA) is 43.8 Å². The molecule has 0 radical (unpaired) electrons. The van der Waals surface area contributed by atoms with Crippen molar-refractivity contribution in [2.75, 3.05) is 0 Å². The van der Waals surface area contributed by atoms with E-state index in [1.807, 2.05) is 17.9 Å². The molecule has 0 aliphatic rings. The molecule has 4 heteroatoms. The summed E-state index contributed by atoms with van der Waals surface area (Å²) in [6.07, 6.45) is 6.13. The van der Waals surface area contributed by atoms with Crippen LogP contribution in [0.1, 0.15) is 31.9 Å². The van der Waals surface area contributed by atoms with E-state index in [2.05, 4.69) is 28.0 Å². The molecule has 0 aliphatic carbocycles. The molecular weight excluding hydrogens is 242 g/mol. The van der Waals surface area contributed by atoms with E-state index < -0.39 is 0 Å². The fourth-order valence-corrected chi connectivity index (χ4v) is 2.10. The average Bonchev–Trinajstić information content (AvgIpc) is 2.44. The molecule has 3 nitrogen and oxygen atoms in total. The number of halogens is 1. The van der Waals surface area contributed by atoms with Crippen molar-refractivity contribution in [2.24, 2.45) is 12.8 Å². The van der Waals surface area contributed by atoms with E-state index in [4.69, 9.17) is 5.73 Å². The Hall–Kier alpha value is -0.350. The van der Waals surface area contributed by atoms with E-state index in [1.165, 1.54) is 5.69 Å². The van der Waals surface area contributed by atoms with Crippen LogP contribution in [0.15, 0.2) is 10.7 Å². The first-order valence-electron chi connectivity index (χ1n) is 5.07. The number of hydrogen-bond acceptors (Lipinski definition) is 2. The van der Waals surface area contributed by atoms with Gasteiger partial charge in [0.15, 0.2) is 0 Å². The minimum atomic E-state index is 0.321. The summed E-state index contributed by atoms with van der Waals surface area (Å²) in [7, 11) is 1.96. The van der Waals surface area contributed by atoms with Gasteiger partial charge in [-0.1, -0.05) is 13.3 Å². The molecule has 0 amide bonds. The fraction of sp³-hybridized carbons (Fsp3) is 0.700. The van der Waals surface area contributed by atoms with E-state index >= 15 is 0 Å². The van der Waals surface area contributed by atoms with Crippen LogP contribution in [0.2, 0.25) is 0 Å². The van der Waals surface area contributed by atoms with E-state index in [0.29, 0.717) is 6.04 Å². The zero-order valence-corrected chi connectivity index (χ0v) is 10.4. The molecule has 1 aromatic rings. The first-order chi connectivity index (χ1) is 6.65. The molecule has 1 heterocycles. The molecule has 1 rings (SSSR count). The lowest BCUT2D eigenvalue weighted by atomic mass is 10.1. The highest BCUT2D eigenvalue weighted by Gasteiger charge is 2.08. The Kier molecular flexibility index (Phi) is 4.62. The summed E-state index contributed by atoms with van der Waals surface area (Å²) in [5, 5.41) is 4.17. The maximum absolute atomic E-state index is 5.96. The lowest BCUT2D eigenvalue weighted by Crippen LogP contribution is -2.20. The van der Waals surface area contributed by atoms with E-state index in [9.17, 15) is 0 Å². The van der Waals surface area contributed by atoms with Crippen LogP contribution < -0.4 is 5.73 Å². The Balaban J connectivity index is 2.45. The van der Waals surface area contributed by atoms with E-state index in [0.717, 1.165) is 30.2 Å². The molecule has 0 saturated heterocycles.